The van der Waals surface area contributed by atoms with Crippen LogP contribution in [0.4, 0.5) is 11.4 Å². The largest absolute Gasteiger partial charge is 0.449 e. The van der Waals surface area contributed by atoms with Gasteiger partial charge >= 0.3 is 5.97 Å². The van der Waals surface area contributed by atoms with Crippen molar-refractivity contribution in [3.05, 3.63) is 23.8 Å². The van der Waals surface area contributed by atoms with Crippen LogP contribution in [0.3, 0.4) is 0 Å². The van der Waals surface area contributed by atoms with Gasteiger partial charge in [0.15, 0.2) is 6.10 Å². The predicted octanol–water partition coefficient (Wildman–Crippen LogP) is 2.99. The average Bonchev–Trinajstić information content (AvgIpc) is 3.07. The maximum atomic E-state index is 12.6. The highest BCUT2D eigenvalue weighted by atomic mass is 16.5. The lowest BCUT2D eigenvalue weighted by Crippen LogP contribution is -2.44. The summed E-state index contributed by atoms with van der Waals surface area (Å²) < 4.78 is 5.40. The number of hydrogen-bond acceptors (Lipinski definition) is 5. The molecule has 2 atom stereocenters. The Hall–Kier alpha value is -2.57. The fourth-order valence-electron chi connectivity index (χ4n) is 4.58. The van der Waals surface area contributed by atoms with E-state index in [1.807, 2.05) is 6.07 Å². The third-order valence-corrected chi connectivity index (χ3v) is 6.21. The van der Waals surface area contributed by atoms with Crippen molar-refractivity contribution in [1.82, 2.24) is 5.32 Å². The van der Waals surface area contributed by atoms with E-state index in [1.165, 1.54) is 12.8 Å². The van der Waals surface area contributed by atoms with Gasteiger partial charge < -0.3 is 20.3 Å². The Morgan fingerprint density at radius 1 is 1.14 bits per heavy atom. The van der Waals surface area contributed by atoms with Crippen LogP contribution in [0.25, 0.3) is 0 Å². The Morgan fingerprint density at radius 2 is 1.90 bits per heavy atom. The van der Waals surface area contributed by atoms with Gasteiger partial charge in [-0.3, -0.25) is 9.59 Å². The first kappa shape index (κ1) is 19.7. The van der Waals surface area contributed by atoms with E-state index in [-0.39, 0.29) is 23.9 Å². The second-order valence-corrected chi connectivity index (χ2v) is 8.32. The molecular formula is C22H29N3O4. The molecule has 2 heterocycles. The SMILES string of the molecule is C[C@H](OC(=O)c1ccc2c(c1)NC(=O)[C@H]1CCCN21)C(=O)NC1CCCCCC1. The molecule has 0 unspecified atom stereocenters. The molecule has 2 amide bonds. The molecule has 7 heteroatoms. The van der Waals surface area contributed by atoms with Gasteiger partial charge in [0, 0.05) is 12.6 Å². The molecule has 1 saturated heterocycles. The van der Waals surface area contributed by atoms with Gasteiger partial charge in [0.25, 0.3) is 5.91 Å². The highest BCUT2D eigenvalue weighted by molar-refractivity contribution is 6.05. The van der Waals surface area contributed by atoms with Crippen LogP contribution in [-0.2, 0) is 14.3 Å². The van der Waals surface area contributed by atoms with Crippen LogP contribution >= 0.6 is 0 Å². The minimum absolute atomic E-state index is 0.0309. The molecule has 0 bridgehead atoms. The third-order valence-electron chi connectivity index (χ3n) is 6.21. The van der Waals surface area contributed by atoms with E-state index in [9.17, 15) is 14.4 Å². The van der Waals surface area contributed by atoms with Crippen LogP contribution in [0.1, 0.15) is 68.6 Å². The first-order valence-electron chi connectivity index (χ1n) is 10.8. The number of carbonyl (C=O) groups excluding carboxylic acids is 3. The Bertz CT molecular complexity index is 801. The van der Waals surface area contributed by atoms with E-state index in [0.717, 1.165) is 50.8 Å². The van der Waals surface area contributed by atoms with Crippen molar-refractivity contribution in [2.45, 2.75) is 76.5 Å². The number of rotatable bonds is 4. The normalized spacial score (nSPS) is 22.7. The van der Waals surface area contributed by atoms with E-state index in [1.54, 1.807) is 19.1 Å². The molecule has 156 valence electrons. The van der Waals surface area contributed by atoms with Gasteiger partial charge in [0.2, 0.25) is 5.91 Å². The maximum Gasteiger partial charge on any atom is 0.338 e. The molecule has 1 saturated carbocycles. The van der Waals surface area contributed by atoms with Gasteiger partial charge in [-0.15, -0.1) is 0 Å². The second kappa shape index (κ2) is 8.43. The zero-order valence-electron chi connectivity index (χ0n) is 16.9. The lowest BCUT2D eigenvalue weighted by Gasteiger charge is -2.33. The van der Waals surface area contributed by atoms with Gasteiger partial charge in [-0.05, 0) is 50.8 Å². The number of benzene rings is 1. The molecule has 2 fully saturated rings. The quantitative estimate of drug-likeness (QED) is 0.600. The van der Waals surface area contributed by atoms with E-state index in [2.05, 4.69) is 15.5 Å². The standard InChI is InChI=1S/C22H29N3O4/c1-14(20(26)23-16-7-4-2-3-5-8-16)29-22(28)15-10-11-18-17(13-15)24-21(27)19-9-6-12-25(18)19/h10-11,13-14,16,19H,2-9,12H2,1H3,(H,23,26)(H,24,27)/t14-,19+/m0/s1. The van der Waals surface area contributed by atoms with Crippen LogP contribution in [0.15, 0.2) is 18.2 Å². The molecular weight excluding hydrogens is 370 g/mol. The summed E-state index contributed by atoms with van der Waals surface area (Å²) in [5, 5.41) is 5.91. The van der Waals surface area contributed by atoms with E-state index < -0.39 is 12.1 Å². The number of anilines is 2. The summed E-state index contributed by atoms with van der Waals surface area (Å²) >= 11 is 0. The van der Waals surface area contributed by atoms with Gasteiger partial charge in [0.1, 0.15) is 6.04 Å². The Kier molecular flexibility index (Phi) is 5.74. The number of amides is 2. The van der Waals surface area contributed by atoms with Crippen molar-refractivity contribution in [2.75, 3.05) is 16.8 Å². The number of carbonyl (C=O) groups is 3. The average molecular weight is 399 g/mol. The van der Waals surface area contributed by atoms with Crippen molar-refractivity contribution in [3.63, 3.8) is 0 Å². The Balaban J connectivity index is 1.39. The van der Waals surface area contributed by atoms with Crippen LogP contribution in [0.5, 0.6) is 0 Å². The minimum Gasteiger partial charge on any atom is -0.449 e. The number of ether oxygens (including phenoxy) is 1. The van der Waals surface area contributed by atoms with Crippen LogP contribution in [-0.4, -0.2) is 42.5 Å². The summed E-state index contributed by atoms with van der Waals surface area (Å²) in [4.78, 5) is 39.4. The van der Waals surface area contributed by atoms with Crippen molar-refractivity contribution < 1.29 is 19.1 Å². The molecule has 29 heavy (non-hydrogen) atoms. The molecule has 2 N–H and O–H groups in total. The zero-order chi connectivity index (χ0) is 20.4. The lowest BCUT2D eigenvalue weighted by molar-refractivity contribution is -0.129. The summed E-state index contributed by atoms with van der Waals surface area (Å²) in [7, 11) is 0. The minimum atomic E-state index is -0.862. The molecule has 4 rings (SSSR count). The first-order valence-corrected chi connectivity index (χ1v) is 10.8. The number of fused-ring (bicyclic) bond motifs is 3. The molecule has 0 radical (unpaired) electrons. The summed E-state index contributed by atoms with van der Waals surface area (Å²) in [6, 6.07) is 5.23. The zero-order valence-corrected chi connectivity index (χ0v) is 16.9. The Morgan fingerprint density at radius 3 is 2.66 bits per heavy atom. The van der Waals surface area contributed by atoms with Crippen molar-refractivity contribution in [1.29, 1.82) is 0 Å². The molecule has 7 nitrogen and oxygen atoms in total. The van der Waals surface area contributed by atoms with Gasteiger partial charge in [0.05, 0.1) is 16.9 Å². The van der Waals surface area contributed by atoms with Gasteiger partial charge in [-0.1, -0.05) is 25.7 Å². The number of hydrogen-bond donors (Lipinski definition) is 2. The van der Waals surface area contributed by atoms with E-state index in [4.69, 9.17) is 4.74 Å². The monoisotopic (exact) mass is 399 g/mol. The summed E-state index contributed by atoms with van der Waals surface area (Å²) in [5.74, 6) is -0.845. The first-order chi connectivity index (χ1) is 14.0. The van der Waals surface area contributed by atoms with E-state index >= 15 is 0 Å². The van der Waals surface area contributed by atoms with Crippen molar-refractivity contribution in [3.8, 4) is 0 Å². The number of nitrogens with zero attached hydrogens (tertiary/aromatic N) is 1. The van der Waals surface area contributed by atoms with Gasteiger partial charge in [-0.25, -0.2) is 4.79 Å². The predicted molar refractivity (Wildman–Crippen MR) is 110 cm³/mol. The number of nitrogens with one attached hydrogen (secondary N) is 2. The summed E-state index contributed by atoms with van der Waals surface area (Å²) in [5.41, 5.74) is 1.89. The van der Waals surface area contributed by atoms with Crippen molar-refractivity contribution in [2.24, 2.45) is 0 Å². The molecule has 1 aromatic rings. The number of esters is 1. The highest BCUT2D eigenvalue weighted by Crippen LogP contribution is 2.37. The second-order valence-electron chi connectivity index (χ2n) is 8.32. The fourth-order valence-corrected chi connectivity index (χ4v) is 4.58. The van der Waals surface area contributed by atoms with Crippen LogP contribution in [0, 0.1) is 0 Å². The molecule has 2 aliphatic heterocycles. The molecule has 3 aliphatic rings. The smallest absolute Gasteiger partial charge is 0.338 e. The topological polar surface area (TPSA) is 87.7 Å². The maximum absolute atomic E-state index is 12.6. The molecule has 0 aromatic heterocycles. The lowest BCUT2D eigenvalue weighted by atomic mass is 10.1. The fraction of sp³-hybridized carbons (Fsp3) is 0.591. The molecule has 1 aromatic carbocycles. The third kappa shape index (κ3) is 4.23. The van der Waals surface area contributed by atoms with Crippen molar-refractivity contribution >= 4 is 29.2 Å². The van der Waals surface area contributed by atoms with Crippen LogP contribution < -0.4 is 15.5 Å². The summed E-state index contributed by atoms with van der Waals surface area (Å²) in [6.45, 7) is 2.44. The Labute approximate surface area is 171 Å². The molecule has 0 spiro atoms. The highest BCUT2D eigenvalue weighted by Gasteiger charge is 2.36. The summed E-state index contributed by atoms with van der Waals surface area (Å²) in [6.07, 6.45) is 7.60. The van der Waals surface area contributed by atoms with E-state index in [0.29, 0.717) is 11.3 Å². The molecule has 1 aliphatic carbocycles. The van der Waals surface area contributed by atoms with Gasteiger partial charge in [-0.2, -0.15) is 0 Å². The van der Waals surface area contributed by atoms with Crippen LogP contribution in [0.2, 0.25) is 0 Å².